The van der Waals surface area contributed by atoms with E-state index in [0.29, 0.717) is 24.6 Å². The molecule has 1 aromatic carbocycles. The topological polar surface area (TPSA) is 54.5 Å². The fraction of sp³-hybridized carbons (Fsp3) is 0.524. The van der Waals surface area contributed by atoms with Gasteiger partial charge in [0, 0.05) is 17.8 Å². The molecular formula is C21H29N3O2S. The van der Waals surface area contributed by atoms with Crippen molar-refractivity contribution >= 4 is 22.4 Å². The Kier molecular flexibility index (Phi) is 7.24. The fourth-order valence-electron chi connectivity index (χ4n) is 3.17. The Morgan fingerprint density at radius 3 is 2.78 bits per heavy atom. The lowest BCUT2D eigenvalue weighted by atomic mass is 9.99. The Hall–Kier alpha value is -1.92. The molecular weight excluding hydrogens is 358 g/mol. The summed E-state index contributed by atoms with van der Waals surface area (Å²) in [6, 6.07) is 9.67. The summed E-state index contributed by atoms with van der Waals surface area (Å²) in [5.41, 5.74) is 1.03. The Morgan fingerprint density at radius 1 is 1.30 bits per heavy atom. The molecule has 1 N–H and O–H groups in total. The average Bonchev–Trinajstić information content (AvgIpc) is 3.00. The molecule has 1 aliphatic rings. The van der Waals surface area contributed by atoms with E-state index < -0.39 is 0 Å². The van der Waals surface area contributed by atoms with Crippen molar-refractivity contribution in [3.8, 4) is 5.75 Å². The quantitative estimate of drug-likeness (QED) is 0.679. The minimum atomic E-state index is -0.00115. The second kappa shape index (κ2) is 9.85. The highest BCUT2D eigenvalue weighted by molar-refractivity contribution is 7.15. The number of aromatic nitrogens is 1. The van der Waals surface area contributed by atoms with E-state index in [-0.39, 0.29) is 5.91 Å². The molecule has 2 aromatic rings. The van der Waals surface area contributed by atoms with Gasteiger partial charge in [-0.15, -0.1) is 11.3 Å². The van der Waals surface area contributed by atoms with E-state index in [2.05, 4.69) is 22.1 Å². The summed E-state index contributed by atoms with van der Waals surface area (Å²) in [5.74, 6) is 1.67. The zero-order valence-corrected chi connectivity index (χ0v) is 17.1. The van der Waals surface area contributed by atoms with E-state index in [0.717, 1.165) is 37.0 Å². The third-order valence-electron chi connectivity index (χ3n) is 4.94. The van der Waals surface area contributed by atoms with Gasteiger partial charge >= 0.3 is 0 Å². The molecule has 1 aromatic heterocycles. The van der Waals surface area contributed by atoms with Crippen molar-refractivity contribution in [1.82, 2.24) is 9.88 Å². The summed E-state index contributed by atoms with van der Waals surface area (Å²) in [6.45, 7) is 8.14. The predicted octanol–water partition coefficient (Wildman–Crippen LogP) is 4.48. The van der Waals surface area contributed by atoms with E-state index in [1.807, 2.05) is 37.3 Å². The molecule has 5 nitrogen and oxygen atoms in total. The van der Waals surface area contributed by atoms with E-state index in [1.54, 1.807) is 11.3 Å². The number of ether oxygens (including phenoxy) is 1. The molecule has 2 heterocycles. The molecule has 0 spiro atoms. The molecule has 0 bridgehead atoms. The normalized spacial score (nSPS) is 15.6. The van der Waals surface area contributed by atoms with Crippen LogP contribution in [0.4, 0.5) is 5.13 Å². The van der Waals surface area contributed by atoms with Gasteiger partial charge in [0.15, 0.2) is 5.13 Å². The van der Waals surface area contributed by atoms with Crippen LogP contribution in [0.25, 0.3) is 0 Å². The second-order valence-corrected chi connectivity index (χ2v) is 8.38. The number of amides is 1. The molecule has 1 fully saturated rings. The number of anilines is 1. The molecule has 6 heteroatoms. The van der Waals surface area contributed by atoms with Gasteiger partial charge in [-0.25, -0.2) is 4.98 Å². The number of likely N-dealkylation sites (tertiary alicyclic amines) is 1. The fourth-order valence-corrected chi connectivity index (χ4v) is 4.19. The summed E-state index contributed by atoms with van der Waals surface area (Å²) in [6.07, 6.45) is 3.66. The lowest BCUT2D eigenvalue weighted by Gasteiger charge is -2.29. The maximum Gasteiger partial charge on any atom is 0.226 e. The molecule has 0 unspecified atom stereocenters. The van der Waals surface area contributed by atoms with Crippen LogP contribution >= 0.6 is 11.3 Å². The van der Waals surface area contributed by atoms with E-state index >= 15 is 0 Å². The number of nitrogens with zero attached hydrogens (tertiary/aromatic N) is 2. The Bertz CT molecular complexity index is 724. The van der Waals surface area contributed by atoms with E-state index in [4.69, 9.17) is 4.74 Å². The minimum absolute atomic E-state index is 0.00115. The number of hydrogen-bond donors (Lipinski definition) is 1. The summed E-state index contributed by atoms with van der Waals surface area (Å²) in [4.78, 5) is 20.4. The van der Waals surface area contributed by atoms with E-state index in [9.17, 15) is 4.79 Å². The smallest absolute Gasteiger partial charge is 0.226 e. The SMILES string of the molecule is Cc1nc(NC(=O)CCCOc2ccccc2)sc1CN1CCC(C)CC1. The number of benzene rings is 1. The van der Waals surface area contributed by atoms with Crippen LogP contribution in [-0.2, 0) is 11.3 Å². The summed E-state index contributed by atoms with van der Waals surface area (Å²) < 4.78 is 5.62. The number of thiazole rings is 1. The van der Waals surface area contributed by atoms with Gasteiger partial charge in [-0.05, 0) is 57.3 Å². The van der Waals surface area contributed by atoms with Gasteiger partial charge in [0.1, 0.15) is 5.75 Å². The number of rotatable bonds is 8. The number of hydrogen-bond acceptors (Lipinski definition) is 5. The predicted molar refractivity (Wildman–Crippen MR) is 110 cm³/mol. The maximum absolute atomic E-state index is 12.2. The van der Waals surface area contributed by atoms with E-state index in [1.165, 1.54) is 17.7 Å². The lowest BCUT2D eigenvalue weighted by molar-refractivity contribution is -0.116. The highest BCUT2D eigenvalue weighted by Gasteiger charge is 2.18. The van der Waals surface area contributed by atoms with Gasteiger partial charge < -0.3 is 10.1 Å². The molecule has 0 radical (unpaired) electrons. The van der Waals surface area contributed by atoms with Crippen molar-refractivity contribution in [2.75, 3.05) is 25.0 Å². The van der Waals surface area contributed by atoms with Crippen LogP contribution in [0.3, 0.4) is 0 Å². The van der Waals surface area contributed by atoms with Crippen LogP contribution in [0.15, 0.2) is 30.3 Å². The van der Waals surface area contributed by atoms with Crippen LogP contribution in [0, 0.1) is 12.8 Å². The number of carbonyl (C=O) groups is 1. The molecule has 146 valence electrons. The average molecular weight is 388 g/mol. The third-order valence-corrected chi connectivity index (χ3v) is 6.00. The number of nitrogens with one attached hydrogen (secondary N) is 1. The summed E-state index contributed by atoms with van der Waals surface area (Å²) in [7, 11) is 0. The van der Waals surface area contributed by atoms with Crippen molar-refractivity contribution in [3.05, 3.63) is 40.9 Å². The molecule has 1 saturated heterocycles. The van der Waals surface area contributed by atoms with Gasteiger partial charge in [0.25, 0.3) is 0 Å². The zero-order valence-electron chi connectivity index (χ0n) is 16.2. The lowest BCUT2D eigenvalue weighted by Crippen LogP contribution is -2.32. The number of para-hydroxylation sites is 1. The van der Waals surface area contributed by atoms with Crippen molar-refractivity contribution < 1.29 is 9.53 Å². The Morgan fingerprint density at radius 2 is 2.04 bits per heavy atom. The van der Waals surface area contributed by atoms with Crippen LogP contribution in [-0.4, -0.2) is 35.5 Å². The monoisotopic (exact) mass is 387 g/mol. The second-order valence-electron chi connectivity index (χ2n) is 7.30. The Labute approximate surface area is 165 Å². The first-order valence-corrected chi connectivity index (χ1v) is 10.6. The van der Waals surface area contributed by atoms with Gasteiger partial charge in [0.05, 0.1) is 12.3 Å². The van der Waals surface area contributed by atoms with Gasteiger partial charge in [0.2, 0.25) is 5.91 Å². The molecule has 0 saturated carbocycles. The maximum atomic E-state index is 12.2. The zero-order chi connectivity index (χ0) is 19.1. The number of piperidine rings is 1. The first-order valence-electron chi connectivity index (χ1n) is 9.76. The van der Waals surface area contributed by atoms with Crippen molar-refractivity contribution in [1.29, 1.82) is 0 Å². The largest absolute Gasteiger partial charge is 0.494 e. The van der Waals surface area contributed by atoms with Crippen molar-refractivity contribution in [2.45, 2.75) is 46.1 Å². The molecule has 1 amide bonds. The third kappa shape index (κ3) is 6.33. The standard InChI is InChI=1S/C21H29N3O2S/c1-16-10-12-24(13-11-16)15-19-17(2)22-21(27-19)23-20(25)9-6-14-26-18-7-4-3-5-8-18/h3-5,7-8,16H,6,9-15H2,1-2H3,(H,22,23,25). The Balaban J connectivity index is 1.40. The number of carbonyl (C=O) groups excluding carboxylic acids is 1. The molecule has 27 heavy (non-hydrogen) atoms. The molecule has 0 aliphatic carbocycles. The van der Waals surface area contributed by atoms with Crippen molar-refractivity contribution in [2.24, 2.45) is 5.92 Å². The van der Waals surface area contributed by atoms with Gasteiger partial charge in [-0.1, -0.05) is 25.1 Å². The van der Waals surface area contributed by atoms with Gasteiger partial charge in [-0.2, -0.15) is 0 Å². The highest BCUT2D eigenvalue weighted by atomic mass is 32.1. The number of aryl methyl sites for hydroxylation is 1. The molecule has 3 rings (SSSR count). The highest BCUT2D eigenvalue weighted by Crippen LogP contribution is 2.26. The van der Waals surface area contributed by atoms with Crippen LogP contribution in [0.5, 0.6) is 5.75 Å². The van der Waals surface area contributed by atoms with Gasteiger partial charge in [-0.3, -0.25) is 9.69 Å². The van der Waals surface area contributed by atoms with Crippen molar-refractivity contribution in [3.63, 3.8) is 0 Å². The molecule has 1 aliphatic heterocycles. The van der Waals surface area contributed by atoms with Crippen LogP contribution in [0.1, 0.15) is 43.2 Å². The minimum Gasteiger partial charge on any atom is -0.494 e. The first-order chi connectivity index (χ1) is 13.1. The molecule has 0 atom stereocenters. The van der Waals surface area contributed by atoms with Crippen LogP contribution < -0.4 is 10.1 Å². The first kappa shape index (κ1) is 19.8. The summed E-state index contributed by atoms with van der Waals surface area (Å²) >= 11 is 1.60. The van der Waals surface area contributed by atoms with Crippen LogP contribution in [0.2, 0.25) is 0 Å². The summed E-state index contributed by atoms with van der Waals surface area (Å²) in [5, 5.41) is 3.65.